The lowest BCUT2D eigenvalue weighted by Crippen LogP contribution is -2.30. The largest absolute Gasteiger partial charge is 0.381 e. The Hall–Kier alpha value is -2.25. The van der Waals surface area contributed by atoms with Gasteiger partial charge in [-0.15, -0.1) is 11.3 Å². The Morgan fingerprint density at radius 1 is 1.23 bits per heavy atom. The molecule has 0 radical (unpaired) electrons. The van der Waals surface area contributed by atoms with Gasteiger partial charge in [0.05, 0.1) is 21.3 Å². The van der Waals surface area contributed by atoms with Crippen LogP contribution in [-0.2, 0) is 16.0 Å². The molecule has 6 nitrogen and oxygen atoms in total. The van der Waals surface area contributed by atoms with Gasteiger partial charge in [0.25, 0.3) is 0 Å². The number of nitrogens with zero attached hydrogens (tertiary/aromatic N) is 4. The fraction of sp³-hybridized carbons (Fsp3) is 0.522. The van der Waals surface area contributed by atoms with Gasteiger partial charge in [0, 0.05) is 57.0 Å². The van der Waals surface area contributed by atoms with Crippen LogP contribution in [0.1, 0.15) is 54.2 Å². The number of fused-ring (bicyclic) bond motifs is 1. The van der Waals surface area contributed by atoms with Crippen LogP contribution in [-0.4, -0.2) is 51.6 Å². The molecule has 2 aromatic heterocycles. The fourth-order valence-corrected chi connectivity index (χ4v) is 5.74. The van der Waals surface area contributed by atoms with Gasteiger partial charge in [-0.2, -0.15) is 0 Å². The summed E-state index contributed by atoms with van der Waals surface area (Å²) in [4.78, 5) is 24.3. The van der Waals surface area contributed by atoms with Crippen LogP contribution in [0.2, 0.25) is 0 Å². The van der Waals surface area contributed by atoms with Gasteiger partial charge in [0.15, 0.2) is 0 Å². The second-order valence-electron chi connectivity index (χ2n) is 8.37. The number of para-hydroxylation sites is 1. The van der Waals surface area contributed by atoms with Crippen LogP contribution in [0, 0.1) is 6.92 Å². The Bertz CT molecular complexity index is 1000. The molecular formula is C23H28N4O2S. The van der Waals surface area contributed by atoms with Crippen LogP contribution in [0.4, 0.5) is 0 Å². The van der Waals surface area contributed by atoms with E-state index in [9.17, 15) is 4.79 Å². The van der Waals surface area contributed by atoms with Gasteiger partial charge in [0.1, 0.15) is 5.82 Å². The summed E-state index contributed by atoms with van der Waals surface area (Å²) in [5.41, 5.74) is 2.23. The van der Waals surface area contributed by atoms with Crippen molar-refractivity contribution in [2.45, 2.75) is 51.0 Å². The summed E-state index contributed by atoms with van der Waals surface area (Å²) >= 11 is 1.70. The van der Waals surface area contributed by atoms with Gasteiger partial charge in [-0.1, -0.05) is 12.1 Å². The van der Waals surface area contributed by atoms with Crippen molar-refractivity contribution in [3.8, 4) is 0 Å². The van der Waals surface area contributed by atoms with E-state index in [1.807, 2.05) is 29.3 Å². The molecule has 2 saturated heterocycles. The highest BCUT2D eigenvalue weighted by Gasteiger charge is 2.31. The zero-order valence-electron chi connectivity index (χ0n) is 17.4. The van der Waals surface area contributed by atoms with E-state index in [-0.39, 0.29) is 5.91 Å². The molecule has 5 rings (SSSR count). The summed E-state index contributed by atoms with van der Waals surface area (Å²) < 4.78 is 9.12. The Balaban J connectivity index is 1.22. The van der Waals surface area contributed by atoms with Crippen LogP contribution in [0.5, 0.6) is 0 Å². The third-order valence-electron chi connectivity index (χ3n) is 6.37. The van der Waals surface area contributed by atoms with Crippen molar-refractivity contribution >= 4 is 27.5 Å². The molecule has 1 atom stereocenters. The van der Waals surface area contributed by atoms with Crippen molar-refractivity contribution in [2.24, 2.45) is 0 Å². The number of imidazole rings is 1. The van der Waals surface area contributed by atoms with Gasteiger partial charge in [-0.3, -0.25) is 4.79 Å². The number of benzene rings is 1. The monoisotopic (exact) mass is 424 g/mol. The highest BCUT2D eigenvalue weighted by molar-refractivity contribution is 7.18. The Kier molecular flexibility index (Phi) is 5.56. The zero-order valence-corrected chi connectivity index (χ0v) is 18.2. The fourth-order valence-electron chi connectivity index (χ4n) is 4.78. The van der Waals surface area contributed by atoms with Crippen LogP contribution in [0.15, 0.2) is 30.5 Å². The number of likely N-dealkylation sites (tertiary alicyclic amines) is 1. The Morgan fingerprint density at radius 2 is 2.07 bits per heavy atom. The maximum absolute atomic E-state index is 12.9. The number of hydrogen-bond donors (Lipinski definition) is 0. The van der Waals surface area contributed by atoms with Gasteiger partial charge >= 0.3 is 0 Å². The SMILES string of the molecule is Cc1cnc(C2CCOCC2)n1C1CCN(C(=O)CCc2nc3ccccc3s2)C1. The first kappa shape index (κ1) is 19.7. The van der Waals surface area contributed by atoms with E-state index >= 15 is 0 Å². The first-order valence-electron chi connectivity index (χ1n) is 10.9. The first-order valence-corrected chi connectivity index (χ1v) is 11.7. The van der Waals surface area contributed by atoms with E-state index in [1.54, 1.807) is 11.3 Å². The summed E-state index contributed by atoms with van der Waals surface area (Å²) in [7, 11) is 0. The molecule has 1 aromatic carbocycles. The maximum Gasteiger partial charge on any atom is 0.223 e. The Labute approximate surface area is 180 Å². The number of carbonyl (C=O) groups is 1. The maximum atomic E-state index is 12.9. The van der Waals surface area contributed by atoms with Gasteiger partial charge in [0.2, 0.25) is 5.91 Å². The second-order valence-corrected chi connectivity index (χ2v) is 9.49. The summed E-state index contributed by atoms with van der Waals surface area (Å²) in [6.45, 7) is 5.38. The summed E-state index contributed by atoms with van der Waals surface area (Å²) in [6, 6.07) is 8.50. The van der Waals surface area contributed by atoms with Crippen molar-refractivity contribution in [1.29, 1.82) is 0 Å². The van der Waals surface area contributed by atoms with E-state index in [2.05, 4.69) is 22.5 Å². The minimum absolute atomic E-state index is 0.238. The van der Waals surface area contributed by atoms with E-state index < -0.39 is 0 Å². The van der Waals surface area contributed by atoms with E-state index in [1.165, 1.54) is 16.2 Å². The van der Waals surface area contributed by atoms with Crippen molar-refractivity contribution in [1.82, 2.24) is 19.4 Å². The molecule has 0 N–H and O–H groups in total. The number of rotatable bonds is 5. The number of aromatic nitrogens is 3. The van der Waals surface area contributed by atoms with Crippen molar-refractivity contribution < 1.29 is 9.53 Å². The standard InChI is InChI=1S/C23H28N4O2S/c1-16-14-24-23(17-9-12-29-13-10-17)27(16)18-8-11-26(15-18)22(28)7-6-21-25-19-4-2-3-5-20(19)30-21/h2-5,14,17-18H,6-13,15H2,1H3. The lowest BCUT2D eigenvalue weighted by molar-refractivity contribution is -0.130. The van der Waals surface area contributed by atoms with E-state index in [4.69, 9.17) is 9.72 Å². The molecule has 30 heavy (non-hydrogen) atoms. The molecule has 2 fully saturated rings. The molecular weight excluding hydrogens is 396 g/mol. The summed E-state index contributed by atoms with van der Waals surface area (Å²) in [5, 5.41) is 1.05. The van der Waals surface area contributed by atoms with Crippen LogP contribution in [0.25, 0.3) is 10.2 Å². The normalized spacial score (nSPS) is 20.3. The highest BCUT2D eigenvalue weighted by Crippen LogP contribution is 2.32. The minimum Gasteiger partial charge on any atom is -0.381 e. The van der Waals surface area contributed by atoms with Crippen molar-refractivity contribution in [3.05, 3.63) is 47.0 Å². The molecule has 0 saturated carbocycles. The molecule has 2 aliphatic heterocycles. The number of thiazole rings is 1. The molecule has 7 heteroatoms. The predicted octanol–water partition coefficient (Wildman–Crippen LogP) is 4.10. The first-order chi connectivity index (χ1) is 14.7. The van der Waals surface area contributed by atoms with Crippen molar-refractivity contribution in [2.75, 3.05) is 26.3 Å². The average molecular weight is 425 g/mol. The van der Waals surface area contributed by atoms with Crippen LogP contribution in [0.3, 0.4) is 0 Å². The molecule has 3 aromatic rings. The van der Waals surface area contributed by atoms with Crippen molar-refractivity contribution in [3.63, 3.8) is 0 Å². The zero-order chi connectivity index (χ0) is 20.5. The smallest absolute Gasteiger partial charge is 0.223 e. The molecule has 0 aliphatic carbocycles. The topological polar surface area (TPSA) is 60.2 Å². The third-order valence-corrected chi connectivity index (χ3v) is 7.47. The highest BCUT2D eigenvalue weighted by atomic mass is 32.1. The molecule has 158 valence electrons. The number of aryl methyl sites for hydroxylation is 2. The predicted molar refractivity (Wildman–Crippen MR) is 118 cm³/mol. The second kappa shape index (κ2) is 8.47. The molecule has 1 amide bonds. The van der Waals surface area contributed by atoms with Crippen LogP contribution < -0.4 is 0 Å². The lowest BCUT2D eigenvalue weighted by Gasteiger charge is -2.26. The van der Waals surface area contributed by atoms with Gasteiger partial charge in [-0.25, -0.2) is 9.97 Å². The molecule has 4 heterocycles. The molecule has 1 unspecified atom stereocenters. The third kappa shape index (κ3) is 3.88. The van der Waals surface area contributed by atoms with Crippen LogP contribution >= 0.6 is 11.3 Å². The average Bonchev–Trinajstić information content (AvgIpc) is 3.50. The lowest BCUT2D eigenvalue weighted by atomic mass is 9.99. The number of ether oxygens (including phenoxy) is 1. The van der Waals surface area contributed by atoms with Gasteiger partial charge in [-0.05, 0) is 38.3 Å². The van der Waals surface area contributed by atoms with Gasteiger partial charge < -0.3 is 14.2 Å². The molecule has 0 spiro atoms. The number of carbonyl (C=O) groups excluding carboxylic acids is 1. The van der Waals surface area contributed by atoms with E-state index in [0.29, 0.717) is 18.4 Å². The van der Waals surface area contributed by atoms with E-state index in [0.717, 1.165) is 62.5 Å². The number of hydrogen-bond acceptors (Lipinski definition) is 5. The Morgan fingerprint density at radius 3 is 2.90 bits per heavy atom. The summed E-state index contributed by atoms with van der Waals surface area (Å²) in [5.74, 6) is 1.89. The number of amides is 1. The quantitative estimate of drug-likeness (QED) is 0.619. The molecule has 0 bridgehead atoms. The minimum atomic E-state index is 0.238. The summed E-state index contributed by atoms with van der Waals surface area (Å²) in [6.07, 6.45) is 6.31. The molecule has 2 aliphatic rings.